The van der Waals surface area contributed by atoms with E-state index < -0.39 is 0 Å². The van der Waals surface area contributed by atoms with Crippen molar-refractivity contribution in [3.05, 3.63) is 75.8 Å². The molecule has 6 aromatic rings. The summed E-state index contributed by atoms with van der Waals surface area (Å²) in [5, 5.41) is 17.6. The molecule has 0 saturated heterocycles. The van der Waals surface area contributed by atoms with Gasteiger partial charge >= 0.3 is 0 Å². The van der Waals surface area contributed by atoms with Crippen LogP contribution in [0, 0.1) is 30.7 Å². The Bertz CT molecular complexity index is 2150. The maximum atomic E-state index is 12.2. The Labute approximate surface area is 318 Å². The second-order valence-corrected chi connectivity index (χ2v) is 17.9. The molecule has 0 atom stereocenters. The second-order valence-electron chi connectivity index (χ2n) is 14.7. The van der Waals surface area contributed by atoms with Gasteiger partial charge in [-0.2, -0.15) is 11.3 Å². The van der Waals surface area contributed by atoms with Crippen LogP contribution in [-0.4, -0.2) is 15.9 Å². The summed E-state index contributed by atoms with van der Waals surface area (Å²) in [7, 11) is 0. The molecule has 0 spiro atoms. The molecule has 3 nitrogen and oxygen atoms in total. The normalized spacial score (nSPS) is 12.8. The van der Waals surface area contributed by atoms with Gasteiger partial charge in [0, 0.05) is 73.3 Å². The minimum Gasteiger partial charge on any atom is -0.512 e. The quantitative estimate of drug-likeness (QED) is 0.0941. The summed E-state index contributed by atoms with van der Waals surface area (Å²) >= 11 is 5.59. The van der Waals surface area contributed by atoms with Crippen LogP contribution in [-0.2, 0) is 30.3 Å². The Balaban J connectivity index is 0.000000260. The van der Waals surface area contributed by atoms with Crippen molar-refractivity contribution in [2.75, 3.05) is 0 Å². The van der Waals surface area contributed by atoms with Crippen LogP contribution >= 0.6 is 34.0 Å². The Hall–Kier alpha value is -2.41. The predicted molar refractivity (Wildman–Crippen MR) is 213 cm³/mol. The molecule has 0 aliphatic rings. The number of rotatable bonds is 8. The van der Waals surface area contributed by atoms with Gasteiger partial charge in [-0.15, -0.1) is 46.3 Å². The van der Waals surface area contributed by atoms with Crippen LogP contribution < -0.4 is 0 Å². The van der Waals surface area contributed by atoms with Crippen molar-refractivity contribution in [1.29, 1.82) is 0 Å². The molecule has 0 fully saturated rings. The summed E-state index contributed by atoms with van der Waals surface area (Å²) in [5.74, 6) is 0.286. The average molecular weight is 889 g/mol. The zero-order chi connectivity index (χ0) is 35.2. The number of hydrogen-bond donors (Lipinski definition) is 1. The van der Waals surface area contributed by atoms with Crippen molar-refractivity contribution in [3.8, 4) is 11.3 Å². The van der Waals surface area contributed by atoms with Gasteiger partial charge in [0.15, 0.2) is 5.78 Å². The molecule has 4 aromatic heterocycles. The summed E-state index contributed by atoms with van der Waals surface area (Å²) in [6.07, 6.45) is 6.72. The zero-order valence-corrected chi connectivity index (χ0v) is 35.7. The van der Waals surface area contributed by atoms with Crippen LogP contribution in [0.15, 0.2) is 53.7 Å². The first kappa shape index (κ1) is 39.4. The van der Waals surface area contributed by atoms with Crippen LogP contribution in [0.1, 0.15) is 104 Å². The SMILES string of the molecule is CCC(C)(CC)C(=O)/C=C(\O)C(C)(CC)CC.Cc1sc2c(ccc3sc4c(-c5[c-]c6ccsc6c(C(C)(C)C)c5)nccc4c32)c1C.[Ir]. The van der Waals surface area contributed by atoms with E-state index in [-0.39, 0.29) is 47.9 Å². The topological polar surface area (TPSA) is 50.2 Å². The minimum atomic E-state index is -0.337. The number of aromatic nitrogens is 1. The summed E-state index contributed by atoms with van der Waals surface area (Å²) in [6.45, 7) is 23.4. The Morgan fingerprint density at radius 2 is 1.51 bits per heavy atom. The third-order valence-electron chi connectivity index (χ3n) is 10.8. The Kier molecular flexibility index (Phi) is 12.1. The van der Waals surface area contributed by atoms with Gasteiger partial charge in [0.2, 0.25) is 0 Å². The molecule has 0 unspecified atom stereocenters. The maximum Gasteiger partial charge on any atom is 0.164 e. The van der Waals surface area contributed by atoms with Crippen molar-refractivity contribution in [2.24, 2.45) is 10.8 Å². The Morgan fingerprint density at radius 1 is 0.857 bits per heavy atom. The van der Waals surface area contributed by atoms with Gasteiger partial charge < -0.3 is 5.11 Å². The largest absolute Gasteiger partial charge is 0.512 e. The van der Waals surface area contributed by atoms with Gasteiger partial charge in [-0.05, 0) is 83.5 Å². The maximum absolute atomic E-state index is 12.2. The van der Waals surface area contributed by atoms with Gasteiger partial charge in [-0.3, -0.25) is 9.78 Å². The molecular weight excluding hydrogens is 839 g/mol. The van der Waals surface area contributed by atoms with Crippen LogP contribution in [0.4, 0.5) is 0 Å². The Morgan fingerprint density at radius 3 is 2.12 bits per heavy atom. The van der Waals surface area contributed by atoms with E-state index in [1.54, 1.807) is 0 Å². The second kappa shape index (κ2) is 15.1. The number of aryl methyl sites for hydroxylation is 2. The number of fused-ring (bicyclic) bond motifs is 6. The third-order valence-corrected chi connectivity index (χ3v) is 14.2. The fourth-order valence-electron chi connectivity index (χ4n) is 6.15. The van der Waals surface area contributed by atoms with Crippen molar-refractivity contribution in [1.82, 2.24) is 4.98 Å². The molecule has 0 bridgehead atoms. The van der Waals surface area contributed by atoms with Crippen LogP contribution in [0.5, 0.6) is 0 Å². The van der Waals surface area contributed by atoms with E-state index in [1.807, 2.05) is 81.7 Å². The first-order chi connectivity index (χ1) is 22.6. The predicted octanol–water partition coefficient (Wildman–Crippen LogP) is 13.9. The van der Waals surface area contributed by atoms with E-state index in [4.69, 9.17) is 4.98 Å². The molecule has 6 rings (SSSR count). The number of carbonyl (C=O) groups excluding carboxylic acids is 1. The van der Waals surface area contributed by atoms with Crippen LogP contribution in [0.25, 0.3) is 51.6 Å². The van der Waals surface area contributed by atoms with Crippen LogP contribution in [0.2, 0.25) is 0 Å². The number of benzene rings is 2. The smallest absolute Gasteiger partial charge is 0.164 e. The summed E-state index contributed by atoms with van der Waals surface area (Å²) in [5.41, 5.74) is 4.39. The number of aliphatic hydroxyl groups is 1. The molecule has 0 aliphatic carbocycles. The molecule has 4 heterocycles. The van der Waals surface area contributed by atoms with Crippen molar-refractivity contribution >= 4 is 80.1 Å². The molecule has 1 radical (unpaired) electrons. The molecule has 1 N–H and O–H groups in total. The molecule has 0 saturated carbocycles. The molecule has 2 aromatic carbocycles. The van der Waals surface area contributed by atoms with Crippen LogP contribution in [0.3, 0.4) is 0 Å². The summed E-state index contributed by atoms with van der Waals surface area (Å²) in [4.78, 5) is 18.5. The van der Waals surface area contributed by atoms with Crippen molar-refractivity contribution < 1.29 is 30.0 Å². The average Bonchev–Trinajstić information content (AvgIpc) is 3.78. The van der Waals surface area contributed by atoms with Gasteiger partial charge in [0.05, 0.1) is 0 Å². The molecular formula is C42H50IrNO2S3-. The van der Waals surface area contributed by atoms with E-state index in [0.29, 0.717) is 0 Å². The molecule has 49 heavy (non-hydrogen) atoms. The van der Waals surface area contributed by atoms with E-state index in [9.17, 15) is 9.90 Å². The van der Waals surface area contributed by atoms with Gasteiger partial charge in [-0.25, -0.2) is 0 Å². The third kappa shape index (κ3) is 7.35. The number of aliphatic hydroxyl groups excluding tert-OH is 1. The first-order valence-corrected chi connectivity index (χ1v) is 19.7. The minimum absolute atomic E-state index is 0. The number of nitrogens with zero attached hydrogens (tertiary/aromatic N) is 1. The number of allylic oxidation sites excluding steroid dienone is 2. The molecule has 0 aliphatic heterocycles. The zero-order valence-electron chi connectivity index (χ0n) is 30.8. The summed E-state index contributed by atoms with van der Waals surface area (Å²) < 4.78 is 5.35. The van der Waals surface area contributed by atoms with Gasteiger partial charge in [0.1, 0.15) is 5.76 Å². The fourth-order valence-corrected chi connectivity index (χ4v) is 9.73. The molecule has 7 heteroatoms. The van der Waals surface area contributed by atoms with E-state index >= 15 is 0 Å². The first-order valence-electron chi connectivity index (χ1n) is 17.2. The monoisotopic (exact) mass is 889 g/mol. The molecule has 263 valence electrons. The number of pyridine rings is 1. The number of hydrogen-bond acceptors (Lipinski definition) is 6. The number of ketones is 1. The van der Waals surface area contributed by atoms with Gasteiger partial charge in [0.25, 0.3) is 0 Å². The van der Waals surface area contributed by atoms with Gasteiger partial charge in [-0.1, -0.05) is 79.5 Å². The van der Waals surface area contributed by atoms with E-state index in [2.05, 4.69) is 76.4 Å². The van der Waals surface area contributed by atoms with Crippen molar-refractivity contribution in [3.63, 3.8) is 0 Å². The van der Waals surface area contributed by atoms with E-state index in [1.165, 1.54) is 62.4 Å². The summed E-state index contributed by atoms with van der Waals surface area (Å²) in [6, 6.07) is 15.0. The standard InChI is InChI=1S/C27H22NS3.C15H28O2.Ir/c1-14-15(2)30-25-18(14)6-7-21-22(25)19-8-10-28-23(26(19)31-21)17-12-16-9-11-29-24(16)20(13-17)27(3,4)5;1-7-14(5,8-2)12(16)11-13(17)15(6,9-3)10-4;/h6-11,13H,1-5H3;11,16H,7-10H2,1-6H3;/q-1;;/b;12-11-;. The molecule has 0 amide bonds. The number of carbonyl (C=O) groups is 1. The van der Waals surface area contributed by atoms with Crippen molar-refractivity contribution in [2.45, 2.75) is 107 Å². The van der Waals surface area contributed by atoms with E-state index in [0.717, 1.165) is 36.9 Å². The fraction of sp³-hybridized carbons (Fsp3) is 0.429. The number of thiophene rings is 3.